The Labute approximate surface area is 188 Å². The molecule has 158 valence electrons. The molecule has 0 atom stereocenters. The topological polar surface area (TPSA) is 38.2 Å². The van der Waals surface area contributed by atoms with Crippen LogP contribution in [0.3, 0.4) is 0 Å². The smallest absolute Gasteiger partial charge is 0.162 e. The molecule has 4 aromatic carbocycles. The second-order valence-corrected chi connectivity index (χ2v) is 7.84. The van der Waals surface area contributed by atoms with Gasteiger partial charge in [-0.15, -0.1) is 0 Å². The maximum Gasteiger partial charge on any atom is 0.162 e. The lowest BCUT2D eigenvalue weighted by molar-refractivity contribution is 0.340. The number of anilines is 1. The monoisotopic (exact) mass is 419 g/mol. The van der Waals surface area contributed by atoms with Crippen LogP contribution in [0.15, 0.2) is 91.0 Å². The van der Waals surface area contributed by atoms with E-state index in [-0.39, 0.29) is 0 Å². The molecule has 0 saturated heterocycles. The summed E-state index contributed by atoms with van der Waals surface area (Å²) in [6.07, 6.45) is 0. The Bertz CT molecular complexity index is 1370. The predicted molar refractivity (Wildman–Crippen MR) is 132 cm³/mol. The van der Waals surface area contributed by atoms with Crippen LogP contribution in [-0.2, 0) is 6.54 Å². The average Bonchev–Trinajstić information content (AvgIpc) is 2.84. The summed E-state index contributed by atoms with van der Waals surface area (Å²) in [7, 11) is 2.10. The van der Waals surface area contributed by atoms with E-state index in [1.165, 1.54) is 16.3 Å². The first-order valence-corrected chi connectivity index (χ1v) is 10.9. The van der Waals surface area contributed by atoms with E-state index in [1.807, 2.05) is 49.4 Å². The minimum Gasteiger partial charge on any atom is -0.494 e. The SMILES string of the molecule is CCOc1ccc(-c2nc(N(C)Cc3cccc4ccccc34)c3ccccc3n2)cc1. The number of fused-ring (bicyclic) bond motifs is 2. The first kappa shape index (κ1) is 20.0. The molecule has 0 unspecified atom stereocenters. The van der Waals surface area contributed by atoms with Crippen molar-refractivity contribution in [1.29, 1.82) is 0 Å². The Balaban J connectivity index is 1.56. The number of para-hydroxylation sites is 1. The summed E-state index contributed by atoms with van der Waals surface area (Å²) in [5.74, 6) is 2.49. The summed E-state index contributed by atoms with van der Waals surface area (Å²) in [5.41, 5.74) is 3.18. The summed E-state index contributed by atoms with van der Waals surface area (Å²) >= 11 is 0. The number of hydrogen-bond acceptors (Lipinski definition) is 4. The Morgan fingerprint density at radius 2 is 1.47 bits per heavy atom. The van der Waals surface area contributed by atoms with Gasteiger partial charge in [-0.25, -0.2) is 9.97 Å². The average molecular weight is 420 g/mol. The normalized spacial score (nSPS) is 11.1. The van der Waals surface area contributed by atoms with Crippen molar-refractivity contribution >= 4 is 27.5 Å². The first-order chi connectivity index (χ1) is 15.7. The molecule has 0 bridgehead atoms. The molecular formula is C28H25N3O. The molecule has 0 saturated carbocycles. The second-order valence-electron chi connectivity index (χ2n) is 7.84. The van der Waals surface area contributed by atoms with Crippen LogP contribution in [0.2, 0.25) is 0 Å². The van der Waals surface area contributed by atoms with Crippen LogP contribution in [0.4, 0.5) is 5.82 Å². The molecule has 4 nitrogen and oxygen atoms in total. The highest BCUT2D eigenvalue weighted by Gasteiger charge is 2.14. The molecule has 0 radical (unpaired) electrons. The summed E-state index contributed by atoms with van der Waals surface area (Å²) in [6, 6.07) is 31.1. The van der Waals surface area contributed by atoms with Crippen LogP contribution in [0.5, 0.6) is 5.75 Å². The minimum absolute atomic E-state index is 0.648. The number of hydrogen-bond donors (Lipinski definition) is 0. The van der Waals surface area contributed by atoms with Crippen LogP contribution in [-0.4, -0.2) is 23.6 Å². The van der Waals surface area contributed by atoms with Crippen molar-refractivity contribution in [3.63, 3.8) is 0 Å². The summed E-state index contributed by atoms with van der Waals surface area (Å²) in [6.45, 7) is 3.39. The maximum atomic E-state index is 5.58. The van der Waals surface area contributed by atoms with Gasteiger partial charge in [-0.2, -0.15) is 0 Å². The molecule has 32 heavy (non-hydrogen) atoms. The van der Waals surface area contributed by atoms with Crippen molar-refractivity contribution in [3.8, 4) is 17.1 Å². The Morgan fingerprint density at radius 3 is 2.28 bits per heavy atom. The van der Waals surface area contributed by atoms with Gasteiger partial charge in [0.2, 0.25) is 0 Å². The van der Waals surface area contributed by atoms with Gasteiger partial charge in [0.15, 0.2) is 5.82 Å². The summed E-state index contributed by atoms with van der Waals surface area (Å²) in [5, 5.41) is 3.57. The summed E-state index contributed by atoms with van der Waals surface area (Å²) < 4.78 is 5.58. The highest BCUT2D eigenvalue weighted by molar-refractivity contribution is 5.91. The van der Waals surface area contributed by atoms with Gasteiger partial charge in [0, 0.05) is 24.5 Å². The Hall–Kier alpha value is -3.92. The van der Waals surface area contributed by atoms with Crippen LogP contribution >= 0.6 is 0 Å². The van der Waals surface area contributed by atoms with E-state index < -0.39 is 0 Å². The summed E-state index contributed by atoms with van der Waals surface area (Å²) in [4.78, 5) is 12.1. The molecule has 1 heterocycles. The molecule has 0 aliphatic rings. The molecule has 5 aromatic rings. The van der Waals surface area contributed by atoms with Crippen LogP contribution in [0.1, 0.15) is 12.5 Å². The quantitative estimate of drug-likeness (QED) is 0.315. The van der Waals surface area contributed by atoms with Gasteiger partial charge in [0.25, 0.3) is 0 Å². The second kappa shape index (κ2) is 8.67. The van der Waals surface area contributed by atoms with Crippen molar-refractivity contribution in [2.75, 3.05) is 18.6 Å². The molecule has 0 spiro atoms. The minimum atomic E-state index is 0.648. The molecule has 0 N–H and O–H groups in total. The molecule has 5 rings (SSSR count). The molecule has 0 fully saturated rings. The van der Waals surface area contributed by atoms with Crippen molar-refractivity contribution in [1.82, 2.24) is 9.97 Å². The predicted octanol–water partition coefficient (Wildman–Crippen LogP) is 6.49. The molecule has 0 aliphatic heterocycles. The number of aromatic nitrogens is 2. The third-order valence-corrected chi connectivity index (χ3v) is 5.66. The molecular weight excluding hydrogens is 394 g/mol. The van der Waals surface area contributed by atoms with Gasteiger partial charge >= 0.3 is 0 Å². The standard InChI is InChI=1S/C28H25N3O/c1-3-32-23-17-15-21(16-18-23)27-29-26-14-7-6-13-25(26)28(30-27)31(2)19-22-11-8-10-20-9-4-5-12-24(20)22/h4-18H,3,19H2,1-2H3. The molecule has 4 heteroatoms. The van der Waals surface area contributed by atoms with Crippen molar-refractivity contribution in [3.05, 3.63) is 96.6 Å². The fourth-order valence-corrected chi connectivity index (χ4v) is 4.11. The van der Waals surface area contributed by atoms with E-state index in [0.717, 1.165) is 34.6 Å². The van der Waals surface area contributed by atoms with Crippen LogP contribution in [0.25, 0.3) is 33.1 Å². The van der Waals surface area contributed by atoms with Gasteiger partial charge in [-0.3, -0.25) is 0 Å². The van der Waals surface area contributed by atoms with E-state index in [2.05, 4.69) is 60.5 Å². The van der Waals surface area contributed by atoms with Gasteiger partial charge in [-0.1, -0.05) is 54.6 Å². The molecule has 0 aliphatic carbocycles. The Morgan fingerprint density at radius 1 is 0.750 bits per heavy atom. The number of ether oxygens (including phenoxy) is 1. The highest BCUT2D eigenvalue weighted by Crippen LogP contribution is 2.29. The largest absolute Gasteiger partial charge is 0.494 e. The zero-order chi connectivity index (χ0) is 21.9. The van der Waals surface area contributed by atoms with Gasteiger partial charge in [0.1, 0.15) is 11.6 Å². The van der Waals surface area contributed by atoms with E-state index in [9.17, 15) is 0 Å². The van der Waals surface area contributed by atoms with Crippen molar-refractivity contribution in [2.24, 2.45) is 0 Å². The lowest BCUT2D eigenvalue weighted by atomic mass is 10.0. The lowest BCUT2D eigenvalue weighted by Crippen LogP contribution is -2.19. The first-order valence-electron chi connectivity index (χ1n) is 10.9. The van der Waals surface area contributed by atoms with Crippen LogP contribution < -0.4 is 9.64 Å². The molecule has 0 amide bonds. The number of benzene rings is 4. The van der Waals surface area contributed by atoms with Crippen LogP contribution in [0, 0.1) is 0 Å². The van der Waals surface area contributed by atoms with E-state index in [1.54, 1.807) is 0 Å². The third-order valence-electron chi connectivity index (χ3n) is 5.66. The lowest BCUT2D eigenvalue weighted by Gasteiger charge is -2.22. The van der Waals surface area contributed by atoms with Crippen molar-refractivity contribution < 1.29 is 4.74 Å². The fraction of sp³-hybridized carbons (Fsp3) is 0.143. The maximum absolute atomic E-state index is 5.58. The number of rotatable bonds is 6. The van der Waals surface area contributed by atoms with Gasteiger partial charge in [-0.05, 0) is 59.7 Å². The highest BCUT2D eigenvalue weighted by atomic mass is 16.5. The fourth-order valence-electron chi connectivity index (χ4n) is 4.11. The Kier molecular flexibility index (Phi) is 5.42. The zero-order valence-electron chi connectivity index (χ0n) is 18.3. The van der Waals surface area contributed by atoms with E-state index >= 15 is 0 Å². The van der Waals surface area contributed by atoms with E-state index in [0.29, 0.717) is 12.4 Å². The van der Waals surface area contributed by atoms with Gasteiger partial charge in [0.05, 0.1) is 12.1 Å². The zero-order valence-corrected chi connectivity index (χ0v) is 18.3. The van der Waals surface area contributed by atoms with Crippen molar-refractivity contribution in [2.45, 2.75) is 13.5 Å². The number of nitrogens with zero attached hydrogens (tertiary/aromatic N) is 3. The third kappa shape index (κ3) is 3.87. The van der Waals surface area contributed by atoms with E-state index in [4.69, 9.17) is 14.7 Å². The van der Waals surface area contributed by atoms with Gasteiger partial charge < -0.3 is 9.64 Å². The molecule has 1 aromatic heterocycles.